The highest BCUT2D eigenvalue weighted by Crippen LogP contribution is 2.29. The third-order valence-electron chi connectivity index (χ3n) is 5.10. The minimum Gasteiger partial charge on any atom is -0.494 e. The Morgan fingerprint density at radius 2 is 1.80 bits per heavy atom. The fraction of sp³-hybridized carbons (Fsp3) is 0.381. The van der Waals surface area contributed by atoms with Crippen LogP contribution in [0.1, 0.15) is 29.6 Å². The first-order chi connectivity index (χ1) is 14.2. The van der Waals surface area contributed by atoms with E-state index < -0.39 is 21.7 Å². The molecule has 30 heavy (non-hydrogen) atoms. The van der Waals surface area contributed by atoms with Crippen LogP contribution in [0.4, 0.5) is 15.8 Å². The molecule has 0 unspecified atom stereocenters. The topological polar surface area (TPSA) is 78.9 Å². The number of carbonyl (C=O) groups excluding carboxylic acids is 1. The molecule has 0 atom stereocenters. The highest BCUT2D eigenvalue weighted by Gasteiger charge is 2.24. The molecule has 0 aliphatic carbocycles. The van der Waals surface area contributed by atoms with E-state index in [0.29, 0.717) is 5.69 Å². The summed E-state index contributed by atoms with van der Waals surface area (Å²) < 4.78 is 45.2. The predicted octanol–water partition coefficient (Wildman–Crippen LogP) is 3.33. The molecule has 1 fully saturated rings. The van der Waals surface area contributed by atoms with Crippen LogP contribution in [-0.2, 0) is 10.0 Å². The van der Waals surface area contributed by atoms with Crippen LogP contribution in [0.15, 0.2) is 41.3 Å². The number of sulfonamides is 1. The van der Waals surface area contributed by atoms with Crippen LogP contribution in [0.3, 0.4) is 0 Å². The number of nitrogens with one attached hydrogen (secondary N) is 1. The summed E-state index contributed by atoms with van der Waals surface area (Å²) in [5.41, 5.74) is 1.15. The van der Waals surface area contributed by atoms with Crippen molar-refractivity contribution in [3.05, 3.63) is 47.8 Å². The van der Waals surface area contributed by atoms with E-state index in [0.717, 1.165) is 42.7 Å². The van der Waals surface area contributed by atoms with Crippen molar-refractivity contribution in [3.8, 4) is 5.75 Å². The molecule has 3 rings (SSSR count). The second-order valence-corrected chi connectivity index (χ2v) is 9.47. The third-order valence-corrected chi connectivity index (χ3v) is 6.91. The lowest BCUT2D eigenvalue weighted by molar-refractivity contribution is 0.102. The Morgan fingerprint density at radius 1 is 1.10 bits per heavy atom. The number of hydrogen-bond donors (Lipinski definition) is 1. The summed E-state index contributed by atoms with van der Waals surface area (Å²) in [6.07, 6.45) is 3.13. The first kappa shape index (κ1) is 22.0. The summed E-state index contributed by atoms with van der Waals surface area (Å²) in [5.74, 6) is -1.03. The number of nitrogens with zero attached hydrogens (tertiary/aromatic N) is 2. The molecule has 0 aromatic heterocycles. The zero-order chi connectivity index (χ0) is 21.9. The van der Waals surface area contributed by atoms with Gasteiger partial charge in [-0.3, -0.25) is 4.79 Å². The number of anilines is 2. The van der Waals surface area contributed by atoms with Gasteiger partial charge in [0.2, 0.25) is 10.0 Å². The average Bonchev–Trinajstić information content (AvgIpc) is 2.74. The minimum atomic E-state index is -3.71. The molecule has 162 valence electrons. The molecule has 0 saturated carbocycles. The molecule has 9 heteroatoms. The summed E-state index contributed by atoms with van der Waals surface area (Å²) in [5, 5.41) is 2.67. The first-order valence-corrected chi connectivity index (χ1v) is 11.1. The summed E-state index contributed by atoms with van der Waals surface area (Å²) in [7, 11) is 0.525. The largest absolute Gasteiger partial charge is 0.494 e. The average molecular weight is 436 g/mol. The number of piperidine rings is 1. The van der Waals surface area contributed by atoms with Crippen LogP contribution in [0, 0.1) is 5.82 Å². The van der Waals surface area contributed by atoms with E-state index in [2.05, 4.69) is 10.2 Å². The smallest absolute Gasteiger partial charge is 0.257 e. The van der Waals surface area contributed by atoms with Gasteiger partial charge in [-0.2, -0.15) is 0 Å². The maximum absolute atomic E-state index is 14.0. The van der Waals surface area contributed by atoms with Crippen LogP contribution in [0.25, 0.3) is 0 Å². The Morgan fingerprint density at radius 3 is 2.40 bits per heavy atom. The van der Waals surface area contributed by atoms with E-state index >= 15 is 0 Å². The lowest BCUT2D eigenvalue weighted by atomic mass is 10.1. The summed E-state index contributed by atoms with van der Waals surface area (Å²) in [6.45, 7) is 1.58. The number of halogens is 1. The SMILES string of the molecule is COc1ccc(NC(=O)c2cc(S(=O)(=O)N(C)C)ccc2N2CCCCC2)cc1F. The van der Waals surface area contributed by atoms with Gasteiger partial charge in [0.25, 0.3) is 5.91 Å². The predicted molar refractivity (Wildman–Crippen MR) is 114 cm³/mol. The molecule has 0 radical (unpaired) electrons. The Kier molecular flexibility index (Phi) is 6.62. The van der Waals surface area contributed by atoms with Crippen molar-refractivity contribution in [3.63, 3.8) is 0 Å². The Bertz CT molecular complexity index is 1030. The van der Waals surface area contributed by atoms with Crippen LogP contribution in [0.2, 0.25) is 0 Å². The number of benzene rings is 2. The molecule has 7 nitrogen and oxygen atoms in total. The number of hydrogen-bond acceptors (Lipinski definition) is 5. The molecule has 1 aliphatic heterocycles. The number of carbonyl (C=O) groups is 1. The number of amides is 1. The molecule has 0 spiro atoms. The van der Waals surface area contributed by atoms with Gasteiger partial charge in [0.05, 0.1) is 17.6 Å². The van der Waals surface area contributed by atoms with Crippen LogP contribution in [0.5, 0.6) is 5.75 Å². The summed E-state index contributed by atoms with van der Waals surface area (Å²) >= 11 is 0. The quantitative estimate of drug-likeness (QED) is 0.753. The Hall–Kier alpha value is -2.65. The zero-order valence-electron chi connectivity index (χ0n) is 17.3. The van der Waals surface area contributed by atoms with Crippen molar-refractivity contribution in [1.29, 1.82) is 0 Å². The lowest BCUT2D eigenvalue weighted by Gasteiger charge is -2.30. The van der Waals surface area contributed by atoms with Crippen LogP contribution >= 0.6 is 0 Å². The molecule has 1 aliphatic rings. The lowest BCUT2D eigenvalue weighted by Crippen LogP contribution is -2.32. The molecule has 1 heterocycles. The maximum Gasteiger partial charge on any atom is 0.257 e. The summed E-state index contributed by atoms with van der Waals surface area (Å²) in [6, 6.07) is 8.69. The number of methoxy groups -OCH3 is 1. The minimum absolute atomic E-state index is 0.0271. The van der Waals surface area contributed by atoms with Crippen LogP contribution < -0.4 is 15.0 Å². The van der Waals surface area contributed by atoms with Crippen molar-refractivity contribution in [2.24, 2.45) is 0 Å². The van der Waals surface area contributed by atoms with E-state index in [4.69, 9.17) is 4.74 Å². The fourth-order valence-corrected chi connectivity index (χ4v) is 4.35. The zero-order valence-corrected chi connectivity index (χ0v) is 18.1. The second kappa shape index (κ2) is 9.01. The fourth-order valence-electron chi connectivity index (χ4n) is 3.42. The molecule has 1 amide bonds. The van der Waals surface area contributed by atoms with Gasteiger partial charge in [0, 0.05) is 44.6 Å². The molecule has 2 aromatic rings. The standard InChI is InChI=1S/C21H26FN3O4S/c1-24(2)30(27,28)16-8-9-19(25-11-5-4-6-12-25)17(14-16)21(26)23-15-7-10-20(29-3)18(22)13-15/h7-10,13-14H,4-6,11-12H2,1-3H3,(H,23,26). The molecular weight excluding hydrogens is 409 g/mol. The molecule has 1 N–H and O–H groups in total. The first-order valence-electron chi connectivity index (χ1n) is 9.70. The van der Waals surface area contributed by atoms with E-state index in [1.165, 1.54) is 45.5 Å². The molecular formula is C21H26FN3O4S. The van der Waals surface area contributed by atoms with Gasteiger partial charge in [0.1, 0.15) is 0 Å². The highest BCUT2D eigenvalue weighted by molar-refractivity contribution is 7.89. The van der Waals surface area contributed by atoms with Gasteiger partial charge in [-0.25, -0.2) is 17.1 Å². The van der Waals surface area contributed by atoms with Gasteiger partial charge >= 0.3 is 0 Å². The summed E-state index contributed by atoms with van der Waals surface area (Å²) in [4.78, 5) is 15.2. The number of ether oxygens (including phenoxy) is 1. The monoisotopic (exact) mass is 435 g/mol. The van der Waals surface area contributed by atoms with Gasteiger partial charge < -0.3 is 15.0 Å². The Balaban J connectivity index is 2.00. The van der Waals surface area contributed by atoms with Crippen molar-refractivity contribution >= 4 is 27.3 Å². The van der Waals surface area contributed by atoms with Gasteiger partial charge in [-0.1, -0.05) is 0 Å². The second-order valence-electron chi connectivity index (χ2n) is 7.32. The molecule has 0 bridgehead atoms. The van der Waals surface area contributed by atoms with Gasteiger partial charge in [-0.05, 0) is 49.6 Å². The van der Waals surface area contributed by atoms with Crippen LogP contribution in [-0.4, -0.2) is 52.9 Å². The number of rotatable bonds is 6. The maximum atomic E-state index is 14.0. The van der Waals surface area contributed by atoms with Crippen molar-refractivity contribution in [2.75, 3.05) is 44.5 Å². The normalized spacial score (nSPS) is 14.6. The van der Waals surface area contributed by atoms with Gasteiger partial charge in [0.15, 0.2) is 11.6 Å². The van der Waals surface area contributed by atoms with Crippen molar-refractivity contribution < 1.29 is 22.3 Å². The van der Waals surface area contributed by atoms with Gasteiger partial charge in [-0.15, -0.1) is 0 Å². The highest BCUT2D eigenvalue weighted by atomic mass is 32.2. The molecule has 1 saturated heterocycles. The van der Waals surface area contributed by atoms with E-state index in [9.17, 15) is 17.6 Å². The third kappa shape index (κ3) is 4.57. The van der Waals surface area contributed by atoms with E-state index in [1.807, 2.05) is 0 Å². The van der Waals surface area contributed by atoms with Crippen molar-refractivity contribution in [2.45, 2.75) is 24.2 Å². The van der Waals surface area contributed by atoms with Crippen molar-refractivity contribution in [1.82, 2.24) is 4.31 Å². The Labute approximate surface area is 176 Å². The van der Waals surface area contributed by atoms with E-state index in [-0.39, 0.29) is 21.9 Å². The molecule has 2 aromatic carbocycles. The van der Waals surface area contributed by atoms with E-state index in [1.54, 1.807) is 6.07 Å².